The first-order valence-corrected chi connectivity index (χ1v) is 2.73. The first-order chi connectivity index (χ1) is 4.72. The Labute approximate surface area is 90.1 Å². The second-order valence-electron chi connectivity index (χ2n) is 1.37. The molecule has 5 nitrogen and oxygen atoms in total. The maximum Gasteiger partial charge on any atom is 1.00 e. The number of methoxy groups -OCH3 is 1. The van der Waals surface area contributed by atoms with Crippen LogP contribution in [-0.4, -0.2) is 22.1 Å². The van der Waals surface area contributed by atoms with Gasteiger partial charge in [-0.1, -0.05) is 0 Å². The van der Waals surface area contributed by atoms with E-state index in [0.717, 1.165) is 0 Å². The molecule has 7 heteroatoms. The van der Waals surface area contributed by atoms with Crippen LogP contribution in [0.25, 0.3) is 0 Å². The summed E-state index contributed by atoms with van der Waals surface area (Å²) in [6.45, 7) is 0. The molecule has 1 aromatic rings. The standard InChI is InChI=1S/C4H4ClN3O2.Na/c1-10-4-7-2(5)6-3(9)8-4;/h1H3,(H,6,7,8,9);/q;+1/p-1. The SMILES string of the molecule is COc1nc([O-])nc(Cl)n1.[Na+]. The van der Waals surface area contributed by atoms with Crippen molar-refractivity contribution in [2.24, 2.45) is 0 Å². The third-order valence-corrected chi connectivity index (χ3v) is 0.919. The van der Waals surface area contributed by atoms with Crippen molar-refractivity contribution in [2.45, 2.75) is 0 Å². The number of halogens is 1. The summed E-state index contributed by atoms with van der Waals surface area (Å²) in [7, 11) is 1.34. The molecule has 1 heterocycles. The Balaban J connectivity index is 0.000001000. The summed E-state index contributed by atoms with van der Waals surface area (Å²) in [5.41, 5.74) is 0. The maximum absolute atomic E-state index is 10.4. The first kappa shape index (κ1) is 10.9. The van der Waals surface area contributed by atoms with E-state index in [1.165, 1.54) is 7.11 Å². The van der Waals surface area contributed by atoms with Crippen LogP contribution in [0.15, 0.2) is 0 Å². The fourth-order valence-electron chi connectivity index (χ4n) is 0.406. The molecular formula is C4H3ClN3NaO2. The van der Waals surface area contributed by atoms with Crippen molar-refractivity contribution in [1.29, 1.82) is 0 Å². The number of nitrogens with zero attached hydrogens (tertiary/aromatic N) is 3. The third kappa shape index (κ3) is 3.20. The summed E-state index contributed by atoms with van der Waals surface area (Å²) in [4.78, 5) is 9.93. The van der Waals surface area contributed by atoms with E-state index in [-0.39, 0.29) is 40.9 Å². The predicted octanol–water partition coefficient (Wildman–Crippen LogP) is -3.39. The predicted molar refractivity (Wildman–Crippen MR) is 30.8 cm³/mol. The zero-order chi connectivity index (χ0) is 7.56. The molecular weight excluding hydrogens is 181 g/mol. The van der Waals surface area contributed by atoms with Crippen LogP contribution in [0.5, 0.6) is 12.0 Å². The molecule has 1 rings (SSSR count). The summed E-state index contributed by atoms with van der Waals surface area (Å²) in [6, 6.07) is -0.762. The zero-order valence-corrected chi connectivity index (χ0v) is 8.79. The van der Waals surface area contributed by atoms with Gasteiger partial charge in [-0.05, 0) is 11.6 Å². The smallest absolute Gasteiger partial charge is 0.844 e. The Morgan fingerprint density at radius 2 is 2.00 bits per heavy atom. The number of aromatic nitrogens is 3. The average Bonchev–Trinajstić information content (AvgIpc) is 1.85. The molecule has 0 fully saturated rings. The Morgan fingerprint density at radius 1 is 1.36 bits per heavy atom. The largest absolute Gasteiger partial charge is 1.00 e. The van der Waals surface area contributed by atoms with Crippen molar-refractivity contribution < 1.29 is 39.4 Å². The molecule has 0 atom stereocenters. The van der Waals surface area contributed by atoms with E-state index in [0.29, 0.717) is 0 Å². The van der Waals surface area contributed by atoms with Crippen LogP contribution in [-0.2, 0) is 0 Å². The van der Waals surface area contributed by atoms with Gasteiger partial charge in [-0.3, -0.25) is 0 Å². The van der Waals surface area contributed by atoms with Crippen LogP contribution < -0.4 is 39.4 Å². The molecule has 0 radical (unpaired) electrons. The van der Waals surface area contributed by atoms with Gasteiger partial charge in [-0.25, -0.2) is 4.98 Å². The molecule has 0 unspecified atom stereocenters. The minimum atomic E-state index is -0.697. The fraction of sp³-hybridized carbons (Fsp3) is 0.250. The van der Waals surface area contributed by atoms with Gasteiger partial charge in [0.2, 0.25) is 5.28 Å². The van der Waals surface area contributed by atoms with Crippen LogP contribution in [0.3, 0.4) is 0 Å². The quantitative estimate of drug-likeness (QED) is 0.425. The van der Waals surface area contributed by atoms with E-state index in [4.69, 9.17) is 11.6 Å². The number of ether oxygens (including phenoxy) is 1. The molecule has 0 bridgehead atoms. The molecule has 0 saturated carbocycles. The van der Waals surface area contributed by atoms with E-state index < -0.39 is 6.01 Å². The number of hydrogen-bond donors (Lipinski definition) is 0. The van der Waals surface area contributed by atoms with E-state index in [9.17, 15) is 5.11 Å². The van der Waals surface area contributed by atoms with Gasteiger partial charge in [-0.15, -0.1) is 0 Å². The number of rotatable bonds is 1. The molecule has 0 N–H and O–H groups in total. The van der Waals surface area contributed by atoms with Crippen LogP contribution in [0.4, 0.5) is 0 Å². The zero-order valence-electron chi connectivity index (χ0n) is 6.04. The summed E-state index contributed by atoms with van der Waals surface area (Å²) in [5, 5.41) is 10.3. The van der Waals surface area contributed by atoms with Crippen molar-refractivity contribution in [3.8, 4) is 12.0 Å². The number of hydrogen-bond acceptors (Lipinski definition) is 5. The second-order valence-corrected chi connectivity index (χ2v) is 1.71. The summed E-state index contributed by atoms with van der Waals surface area (Å²) >= 11 is 5.29. The van der Waals surface area contributed by atoms with E-state index in [1.54, 1.807) is 0 Å². The first-order valence-electron chi connectivity index (χ1n) is 2.35. The van der Waals surface area contributed by atoms with Crippen molar-refractivity contribution in [3.05, 3.63) is 5.28 Å². The molecule has 1 aromatic heterocycles. The summed E-state index contributed by atoms with van der Waals surface area (Å²) < 4.78 is 4.53. The van der Waals surface area contributed by atoms with Crippen LogP contribution >= 0.6 is 11.6 Å². The van der Waals surface area contributed by atoms with Crippen LogP contribution in [0, 0.1) is 0 Å². The van der Waals surface area contributed by atoms with Crippen molar-refractivity contribution in [3.63, 3.8) is 0 Å². The van der Waals surface area contributed by atoms with Crippen molar-refractivity contribution >= 4 is 11.6 Å². The van der Waals surface area contributed by atoms with Gasteiger partial charge in [0.05, 0.1) is 13.1 Å². The molecule has 0 aromatic carbocycles. The fourth-order valence-corrected chi connectivity index (χ4v) is 0.551. The Hall–Kier alpha value is -0.1000. The summed E-state index contributed by atoms with van der Waals surface area (Å²) in [6.07, 6.45) is 0. The minimum absolute atomic E-state index is 0. The van der Waals surface area contributed by atoms with E-state index in [2.05, 4.69) is 19.7 Å². The molecule has 0 spiro atoms. The molecule has 0 aliphatic carbocycles. The molecule has 0 aliphatic heterocycles. The summed E-state index contributed by atoms with van der Waals surface area (Å²) in [5.74, 6) is 0. The van der Waals surface area contributed by atoms with Crippen molar-refractivity contribution in [2.75, 3.05) is 7.11 Å². The third-order valence-electron chi connectivity index (χ3n) is 0.750. The van der Waals surface area contributed by atoms with E-state index >= 15 is 0 Å². The van der Waals surface area contributed by atoms with Crippen molar-refractivity contribution in [1.82, 2.24) is 15.0 Å². The Kier molecular flexibility index (Phi) is 4.67. The second kappa shape index (κ2) is 4.71. The van der Waals surface area contributed by atoms with E-state index in [1.807, 2.05) is 0 Å². The van der Waals surface area contributed by atoms with Gasteiger partial charge in [-0.2, -0.15) is 9.97 Å². The molecule has 54 valence electrons. The van der Waals surface area contributed by atoms with Crippen LogP contribution in [0.2, 0.25) is 5.28 Å². The Morgan fingerprint density at radius 3 is 2.45 bits per heavy atom. The van der Waals surface area contributed by atoms with Gasteiger partial charge < -0.3 is 9.84 Å². The topological polar surface area (TPSA) is 71.0 Å². The molecule has 0 amide bonds. The van der Waals surface area contributed by atoms with Gasteiger partial charge in [0, 0.05) is 0 Å². The minimum Gasteiger partial charge on any atom is -0.844 e. The normalized spacial score (nSPS) is 8.55. The van der Waals surface area contributed by atoms with Gasteiger partial charge in [0.1, 0.15) is 0 Å². The molecule has 11 heavy (non-hydrogen) atoms. The van der Waals surface area contributed by atoms with Gasteiger partial charge in [0.25, 0.3) is 0 Å². The molecule has 0 saturated heterocycles. The van der Waals surface area contributed by atoms with Crippen LogP contribution in [0.1, 0.15) is 0 Å². The van der Waals surface area contributed by atoms with Gasteiger partial charge >= 0.3 is 35.6 Å². The molecule has 0 aliphatic rings. The Bertz CT molecular complexity index is 227. The monoisotopic (exact) mass is 183 g/mol. The maximum atomic E-state index is 10.4. The van der Waals surface area contributed by atoms with Gasteiger partial charge in [0.15, 0.2) is 0 Å². The average molecular weight is 184 g/mol.